The summed E-state index contributed by atoms with van der Waals surface area (Å²) < 4.78 is 33.3. The van der Waals surface area contributed by atoms with Crippen molar-refractivity contribution in [2.24, 2.45) is 0 Å². The minimum Gasteiger partial charge on any atom is -0.490 e. The summed E-state index contributed by atoms with van der Waals surface area (Å²) in [6.45, 7) is 12.3. The molecule has 2 heterocycles. The number of amidine groups is 1. The van der Waals surface area contributed by atoms with Crippen molar-refractivity contribution in [2.45, 2.75) is 60.0 Å². The fourth-order valence-corrected chi connectivity index (χ4v) is 4.79. The second-order valence-electron chi connectivity index (χ2n) is 10.4. The molecule has 0 amide bonds. The molecular formula is C29H36BrFN4O5. The molecule has 0 saturated heterocycles. The number of carbonyl (C=O) groups is 2. The van der Waals surface area contributed by atoms with Crippen molar-refractivity contribution in [1.29, 1.82) is 5.41 Å². The number of fused-ring (bicyclic) bond motifs is 2. The molecule has 4 rings (SSSR count). The number of imidazole rings is 1. The van der Waals surface area contributed by atoms with E-state index in [9.17, 15) is 9.59 Å². The van der Waals surface area contributed by atoms with Gasteiger partial charge in [-0.2, -0.15) is 0 Å². The molecule has 1 aliphatic heterocycles. The first-order valence-electron chi connectivity index (χ1n) is 13.1. The number of esters is 1. The van der Waals surface area contributed by atoms with E-state index >= 15 is 4.39 Å². The molecular weight excluding hydrogens is 583 g/mol. The maximum absolute atomic E-state index is 15.5. The summed E-state index contributed by atoms with van der Waals surface area (Å²) in [6, 6.07) is 5.22. The second-order valence-corrected chi connectivity index (χ2v) is 10.4. The highest BCUT2D eigenvalue weighted by Crippen LogP contribution is 2.39. The lowest BCUT2D eigenvalue weighted by atomic mass is 9.84. The van der Waals surface area contributed by atoms with Crippen molar-refractivity contribution in [3.05, 3.63) is 52.6 Å². The SMILES string of the molecule is Br.CCOC(=O)Cn1cnc2c(C(C)(C)C)cc(C(=O)CN3Cc4cc(OCC)c(OCC)c(F)c4C3=N)cc21. The number of hydrogen-bond acceptors (Lipinski definition) is 7. The van der Waals surface area contributed by atoms with Crippen LogP contribution in [0.4, 0.5) is 4.39 Å². The quantitative estimate of drug-likeness (QED) is 0.238. The van der Waals surface area contributed by atoms with E-state index in [0.717, 1.165) is 5.56 Å². The first-order chi connectivity index (χ1) is 18.5. The van der Waals surface area contributed by atoms with Crippen molar-refractivity contribution in [1.82, 2.24) is 14.5 Å². The van der Waals surface area contributed by atoms with E-state index < -0.39 is 11.8 Å². The first kappa shape index (κ1) is 31.1. The molecule has 0 spiro atoms. The van der Waals surface area contributed by atoms with Crippen LogP contribution in [0.1, 0.15) is 68.6 Å². The van der Waals surface area contributed by atoms with Gasteiger partial charge in [-0.25, -0.2) is 9.37 Å². The smallest absolute Gasteiger partial charge is 0.325 e. The fourth-order valence-electron chi connectivity index (χ4n) is 4.79. The van der Waals surface area contributed by atoms with E-state index in [1.807, 2.05) is 26.8 Å². The third-order valence-electron chi connectivity index (χ3n) is 6.57. The molecule has 1 aliphatic rings. The van der Waals surface area contributed by atoms with Crippen LogP contribution in [-0.4, -0.2) is 58.4 Å². The number of nitrogens with one attached hydrogen (secondary N) is 1. The molecule has 216 valence electrons. The summed E-state index contributed by atoms with van der Waals surface area (Å²) in [4.78, 5) is 31.8. The third-order valence-corrected chi connectivity index (χ3v) is 6.57. The number of rotatable bonds is 10. The Bertz CT molecular complexity index is 1450. The van der Waals surface area contributed by atoms with Crippen LogP contribution in [0.2, 0.25) is 0 Å². The molecule has 3 aromatic rings. The molecule has 9 nitrogen and oxygen atoms in total. The van der Waals surface area contributed by atoms with Gasteiger partial charge in [0.15, 0.2) is 23.1 Å². The highest BCUT2D eigenvalue weighted by atomic mass is 79.9. The molecule has 2 aromatic carbocycles. The van der Waals surface area contributed by atoms with Gasteiger partial charge in [-0.3, -0.25) is 15.0 Å². The number of carbonyl (C=O) groups excluding carboxylic acids is 2. The number of Topliss-reactive ketones (excluding diaryl/α,β-unsaturated/α-hetero) is 1. The number of aromatic nitrogens is 2. The lowest BCUT2D eigenvalue weighted by Crippen LogP contribution is -2.30. The van der Waals surface area contributed by atoms with Crippen molar-refractivity contribution in [3.8, 4) is 11.5 Å². The van der Waals surface area contributed by atoms with E-state index in [1.54, 1.807) is 48.7 Å². The van der Waals surface area contributed by atoms with E-state index in [4.69, 9.17) is 19.6 Å². The molecule has 0 aliphatic carbocycles. The van der Waals surface area contributed by atoms with Crippen molar-refractivity contribution in [2.75, 3.05) is 26.4 Å². The zero-order valence-corrected chi connectivity index (χ0v) is 25.4. The molecule has 0 unspecified atom stereocenters. The minimum absolute atomic E-state index is 0. The normalized spacial score (nSPS) is 12.8. The Morgan fingerprint density at radius 3 is 2.38 bits per heavy atom. The van der Waals surface area contributed by atoms with Crippen LogP contribution in [-0.2, 0) is 28.0 Å². The molecule has 1 N–H and O–H groups in total. The van der Waals surface area contributed by atoms with Gasteiger partial charge in [-0.1, -0.05) is 20.8 Å². The maximum Gasteiger partial charge on any atom is 0.325 e. The predicted molar refractivity (Wildman–Crippen MR) is 156 cm³/mol. The van der Waals surface area contributed by atoms with Gasteiger partial charge in [0.1, 0.15) is 12.4 Å². The summed E-state index contributed by atoms with van der Waals surface area (Å²) in [7, 11) is 0. The van der Waals surface area contributed by atoms with Crippen molar-refractivity contribution >= 4 is 45.6 Å². The number of ether oxygens (including phenoxy) is 3. The van der Waals surface area contributed by atoms with Gasteiger partial charge in [0.05, 0.1) is 49.3 Å². The molecule has 0 saturated carbocycles. The summed E-state index contributed by atoms with van der Waals surface area (Å²) in [5.41, 5.74) is 2.99. The zero-order chi connectivity index (χ0) is 28.5. The van der Waals surface area contributed by atoms with E-state index in [-0.39, 0.29) is 83.9 Å². The van der Waals surface area contributed by atoms with Crippen molar-refractivity contribution in [3.63, 3.8) is 0 Å². The van der Waals surface area contributed by atoms with Crippen molar-refractivity contribution < 1.29 is 28.2 Å². The van der Waals surface area contributed by atoms with Gasteiger partial charge in [-0.15, -0.1) is 17.0 Å². The average Bonchev–Trinajstić information content (AvgIpc) is 3.41. The van der Waals surface area contributed by atoms with Crippen LogP contribution >= 0.6 is 17.0 Å². The molecule has 11 heteroatoms. The predicted octanol–water partition coefficient (Wildman–Crippen LogP) is 5.44. The van der Waals surface area contributed by atoms with Crippen LogP contribution < -0.4 is 9.47 Å². The topological polar surface area (TPSA) is 107 Å². The van der Waals surface area contributed by atoms with Crippen LogP contribution in [0.3, 0.4) is 0 Å². The Kier molecular flexibility index (Phi) is 9.60. The highest BCUT2D eigenvalue weighted by Gasteiger charge is 2.33. The Labute approximate surface area is 243 Å². The summed E-state index contributed by atoms with van der Waals surface area (Å²) in [6.07, 6.45) is 1.58. The summed E-state index contributed by atoms with van der Waals surface area (Å²) in [5.74, 6) is -1.10. The first-order valence-corrected chi connectivity index (χ1v) is 13.1. The van der Waals surface area contributed by atoms with Gasteiger partial charge in [0, 0.05) is 12.1 Å². The monoisotopic (exact) mass is 618 g/mol. The van der Waals surface area contributed by atoms with Gasteiger partial charge in [-0.05, 0) is 55.5 Å². The molecule has 0 fully saturated rings. The Morgan fingerprint density at radius 2 is 1.75 bits per heavy atom. The molecule has 0 radical (unpaired) electrons. The number of hydrogen-bond donors (Lipinski definition) is 1. The van der Waals surface area contributed by atoms with E-state index in [0.29, 0.717) is 28.8 Å². The molecule has 0 atom stereocenters. The number of ketones is 1. The molecule has 1 aromatic heterocycles. The third kappa shape index (κ3) is 5.99. The largest absolute Gasteiger partial charge is 0.490 e. The fraction of sp³-hybridized carbons (Fsp3) is 0.448. The summed E-state index contributed by atoms with van der Waals surface area (Å²) >= 11 is 0. The lowest BCUT2D eigenvalue weighted by molar-refractivity contribution is -0.143. The zero-order valence-electron chi connectivity index (χ0n) is 23.7. The van der Waals surface area contributed by atoms with Gasteiger partial charge in [0.2, 0.25) is 0 Å². The van der Waals surface area contributed by atoms with E-state index in [1.165, 1.54) is 0 Å². The minimum atomic E-state index is -0.656. The second kappa shape index (κ2) is 12.4. The number of nitrogens with zero attached hydrogens (tertiary/aromatic N) is 3. The maximum atomic E-state index is 15.5. The van der Waals surface area contributed by atoms with Gasteiger partial charge >= 0.3 is 5.97 Å². The average molecular weight is 620 g/mol. The molecule has 40 heavy (non-hydrogen) atoms. The van der Waals surface area contributed by atoms with Crippen LogP contribution in [0.5, 0.6) is 11.5 Å². The van der Waals surface area contributed by atoms with Crippen LogP contribution in [0, 0.1) is 11.2 Å². The van der Waals surface area contributed by atoms with E-state index in [2.05, 4.69) is 4.98 Å². The summed E-state index contributed by atoms with van der Waals surface area (Å²) in [5, 5.41) is 8.66. The van der Waals surface area contributed by atoms with Gasteiger partial charge < -0.3 is 23.7 Å². The Balaban J connectivity index is 0.00000441. The van der Waals surface area contributed by atoms with Crippen LogP contribution in [0.15, 0.2) is 24.5 Å². The highest BCUT2D eigenvalue weighted by molar-refractivity contribution is 8.93. The Hall–Kier alpha value is -3.47. The molecule has 0 bridgehead atoms. The number of benzene rings is 2. The standard InChI is InChI=1S/C29H35FN4O5.BrH/c1-7-37-22-12-18-13-33(28(31)24(18)25(30)27(22)39-9-3)14-21(35)17-10-19(29(4,5)6)26-20(11-17)34(16-32-26)15-23(36)38-8-2;/h10-12,16,31H,7-9,13-15H2,1-6H3;1H. The Morgan fingerprint density at radius 1 is 1.05 bits per heavy atom. The lowest BCUT2D eigenvalue weighted by Gasteiger charge is -2.22. The number of halogens is 2. The van der Waals surface area contributed by atoms with Gasteiger partial charge in [0.25, 0.3) is 0 Å². The van der Waals surface area contributed by atoms with Crippen LogP contribution in [0.25, 0.3) is 11.0 Å².